The number of aliphatic imine (C=N–C) groups is 1. The molecule has 5 rings (SSSR count). The van der Waals surface area contributed by atoms with Crippen molar-refractivity contribution in [1.29, 1.82) is 0 Å². The van der Waals surface area contributed by atoms with Gasteiger partial charge in [-0.05, 0) is 56.6 Å². The van der Waals surface area contributed by atoms with Crippen LogP contribution in [0.1, 0.15) is 59.3 Å². The molecule has 1 heterocycles. The average molecular weight is 384 g/mol. The molecule has 0 aromatic rings. The van der Waals surface area contributed by atoms with Gasteiger partial charge in [0.25, 0.3) is 0 Å². The molecule has 28 heavy (non-hydrogen) atoms. The maximum absolute atomic E-state index is 12.4. The Morgan fingerprint density at radius 1 is 1.25 bits per heavy atom. The number of carbonyl (C=O) groups is 1. The van der Waals surface area contributed by atoms with Gasteiger partial charge in [0.05, 0.1) is 18.3 Å². The summed E-state index contributed by atoms with van der Waals surface area (Å²) in [5.74, 6) is 1.14. The predicted octanol–water partition coefficient (Wildman–Crippen LogP) is 3.89. The topological polar surface area (TPSA) is 58.9 Å². The van der Waals surface area contributed by atoms with Gasteiger partial charge in [-0.25, -0.2) is 0 Å². The van der Waals surface area contributed by atoms with E-state index in [9.17, 15) is 9.90 Å². The first-order chi connectivity index (χ1) is 13.2. The minimum absolute atomic E-state index is 0.0157. The summed E-state index contributed by atoms with van der Waals surface area (Å²) in [6.45, 7) is 11.2. The Bertz CT molecular complexity index is 839. The average Bonchev–Trinajstić information content (AvgIpc) is 2.86. The Morgan fingerprint density at radius 3 is 2.64 bits per heavy atom. The fourth-order valence-electron chi connectivity index (χ4n) is 8.25. The fraction of sp³-hybridized carbons (Fsp3) is 0.750. The van der Waals surface area contributed by atoms with E-state index in [0.717, 1.165) is 31.3 Å². The SMILES string of the molecule is C=C1C=C2C1(CO)CCC1C2(C)C(=NC)CC2C(C)(C)OC3CC(=O)CCC321. The number of ketones is 1. The molecule has 5 aliphatic rings. The first-order valence-electron chi connectivity index (χ1n) is 10.9. The number of aliphatic hydroxyl groups excluding tert-OH is 1. The summed E-state index contributed by atoms with van der Waals surface area (Å²) in [6, 6.07) is 0. The molecule has 1 N–H and O–H groups in total. The maximum atomic E-state index is 12.4. The highest BCUT2D eigenvalue weighted by molar-refractivity contribution is 5.96. The molecule has 1 saturated heterocycles. The number of ether oxygens (including phenoxy) is 1. The zero-order valence-corrected chi connectivity index (χ0v) is 17.7. The molecule has 4 nitrogen and oxygen atoms in total. The van der Waals surface area contributed by atoms with Crippen LogP contribution in [0.25, 0.3) is 0 Å². The number of carbonyl (C=O) groups excluding carboxylic acids is 1. The monoisotopic (exact) mass is 383 g/mol. The van der Waals surface area contributed by atoms with E-state index in [1.165, 1.54) is 11.3 Å². The van der Waals surface area contributed by atoms with E-state index in [-0.39, 0.29) is 34.6 Å². The van der Waals surface area contributed by atoms with Crippen molar-refractivity contribution < 1.29 is 14.6 Å². The molecule has 152 valence electrons. The molecule has 0 radical (unpaired) electrons. The standard InChI is InChI=1S/C24H33NO3/c1-14-10-18-22(4)16(7-8-23(14,18)13-26)24-9-6-15(27)11-20(24)28-21(2,3)17(24)12-19(22)25-5/h10,16-17,20,26H,1,6-9,11-13H2,2-5H3. The van der Waals surface area contributed by atoms with Crippen LogP contribution in [0, 0.1) is 28.1 Å². The number of fused-ring (bicyclic) bond motifs is 3. The second-order valence-electron chi connectivity index (χ2n) is 10.6. The molecule has 1 spiro atoms. The number of allylic oxidation sites excluding steroid dienone is 1. The van der Waals surface area contributed by atoms with Crippen LogP contribution in [0.15, 0.2) is 28.8 Å². The Kier molecular flexibility index (Phi) is 3.65. The lowest BCUT2D eigenvalue weighted by atomic mass is 9.36. The summed E-state index contributed by atoms with van der Waals surface area (Å²) in [5, 5.41) is 10.3. The van der Waals surface area contributed by atoms with Gasteiger partial charge in [-0.1, -0.05) is 19.6 Å². The minimum atomic E-state index is -0.264. The van der Waals surface area contributed by atoms with Gasteiger partial charge in [-0.3, -0.25) is 9.79 Å². The van der Waals surface area contributed by atoms with Crippen molar-refractivity contribution in [3.05, 3.63) is 23.8 Å². The van der Waals surface area contributed by atoms with Crippen molar-refractivity contribution in [2.75, 3.05) is 13.7 Å². The summed E-state index contributed by atoms with van der Waals surface area (Å²) < 4.78 is 6.64. The number of aliphatic hydroxyl groups is 1. The van der Waals surface area contributed by atoms with Gasteiger partial charge in [0.2, 0.25) is 0 Å². The number of hydrogen-bond acceptors (Lipinski definition) is 4. The quantitative estimate of drug-likeness (QED) is 0.747. The molecule has 6 atom stereocenters. The number of Topliss-reactive ketones (excluding diaryl/α,β-unsaturated/α-hetero) is 1. The second kappa shape index (κ2) is 5.46. The second-order valence-corrected chi connectivity index (χ2v) is 10.6. The lowest BCUT2D eigenvalue weighted by Gasteiger charge is -2.66. The van der Waals surface area contributed by atoms with Gasteiger partial charge in [0.1, 0.15) is 5.78 Å². The third kappa shape index (κ3) is 1.85. The van der Waals surface area contributed by atoms with Crippen LogP contribution in [0.2, 0.25) is 0 Å². The molecule has 0 bridgehead atoms. The molecular weight excluding hydrogens is 350 g/mol. The van der Waals surface area contributed by atoms with Crippen LogP contribution in [-0.4, -0.2) is 42.0 Å². The fourth-order valence-corrected chi connectivity index (χ4v) is 8.25. The Hall–Kier alpha value is -1.26. The summed E-state index contributed by atoms with van der Waals surface area (Å²) in [6.07, 6.45) is 7.30. The molecule has 1 aliphatic heterocycles. The van der Waals surface area contributed by atoms with E-state index in [0.29, 0.717) is 30.5 Å². The molecule has 0 aromatic heterocycles. The molecular formula is C24H33NO3. The normalized spacial score (nSPS) is 50.2. The zero-order chi connectivity index (χ0) is 20.1. The molecule has 6 unspecified atom stereocenters. The van der Waals surface area contributed by atoms with Crippen molar-refractivity contribution in [1.82, 2.24) is 0 Å². The minimum Gasteiger partial charge on any atom is -0.395 e. The van der Waals surface area contributed by atoms with Crippen LogP contribution < -0.4 is 0 Å². The van der Waals surface area contributed by atoms with Gasteiger partial charge in [-0.2, -0.15) is 0 Å². The molecule has 4 fully saturated rings. The van der Waals surface area contributed by atoms with Crippen LogP contribution in [0.3, 0.4) is 0 Å². The molecule has 4 aliphatic carbocycles. The van der Waals surface area contributed by atoms with Crippen LogP contribution in [0.5, 0.6) is 0 Å². The first kappa shape index (κ1) is 18.7. The van der Waals surface area contributed by atoms with Crippen molar-refractivity contribution in [2.45, 2.75) is 71.0 Å². The third-order valence-electron chi connectivity index (χ3n) is 9.53. The molecule has 4 heteroatoms. The van der Waals surface area contributed by atoms with Crippen molar-refractivity contribution in [3.8, 4) is 0 Å². The summed E-state index contributed by atoms with van der Waals surface area (Å²) in [5.41, 5.74) is 3.00. The highest BCUT2D eigenvalue weighted by Crippen LogP contribution is 2.74. The van der Waals surface area contributed by atoms with Crippen LogP contribution in [-0.2, 0) is 9.53 Å². The van der Waals surface area contributed by atoms with E-state index in [1.807, 2.05) is 7.05 Å². The van der Waals surface area contributed by atoms with E-state index >= 15 is 0 Å². The van der Waals surface area contributed by atoms with Crippen molar-refractivity contribution >= 4 is 11.5 Å². The highest BCUT2D eigenvalue weighted by Gasteiger charge is 2.73. The van der Waals surface area contributed by atoms with Crippen LogP contribution in [0.4, 0.5) is 0 Å². The number of nitrogens with zero attached hydrogens (tertiary/aromatic N) is 1. The zero-order valence-electron chi connectivity index (χ0n) is 17.7. The molecule has 0 aromatic carbocycles. The Morgan fingerprint density at radius 2 is 2.00 bits per heavy atom. The van der Waals surface area contributed by atoms with Crippen molar-refractivity contribution in [3.63, 3.8) is 0 Å². The van der Waals surface area contributed by atoms with E-state index < -0.39 is 0 Å². The first-order valence-corrected chi connectivity index (χ1v) is 10.9. The van der Waals surface area contributed by atoms with Crippen LogP contribution >= 0.6 is 0 Å². The van der Waals surface area contributed by atoms with E-state index in [4.69, 9.17) is 9.73 Å². The van der Waals surface area contributed by atoms with Gasteiger partial charge < -0.3 is 9.84 Å². The molecule has 0 amide bonds. The maximum Gasteiger partial charge on any atom is 0.135 e. The summed E-state index contributed by atoms with van der Waals surface area (Å²) >= 11 is 0. The summed E-state index contributed by atoms with van der Waals surface area (Å²) in [7, 11) is 1.92. The molecule has 3 saturated carbocycles. The van der Waals surface area contributed by atoms with Gasteiger partial charge in [0.15, 0.2) is 0 Å². The Labute approximate surface area is 168 Å². The largest absolute Gasteiger partial charge is 0.395 e. The lowest BCUT2D eigenvalue weighted by Crippen LogP contribution is -2.65. The summed E-state index contributed by atoms with van der Waals surface area (Å²) in [4.78, 5) is 17.2. The van der Waals surface area contributed by atoms with Gasteiger partial charge >= 0.3 is 0 Å². The number of hydrogen-bond donors (Lipinski definition) is 1. The highest BCUT2D eigenvalue weighted by atomic mass is 16.5. The lowest BCUT2D eigenvalue weighted by molar-refractivity contribution is -0.136. The smallest absolute Gasteiger partial charge is 0.135 e. The van der Waals surface area contributed by atoms with Gasteiger partial charge in [0, 0.05) is 47.8 Å². The van der Waals surface area contributed by atoms with E-state index in [1.54, 1.807) is 0 Å². The van der Waals surface area contributed by atoms with Gasteiger partial charge in [-0.15, -0.1) is 0 Å². The predicted molar refractivity (Wildman–Crippen MR) is 109 cm³/mol. The van der Waals surface area contributed by atoms with E-state index in [2.05, 4.69) is 33.4 Å². The number of rotatable bonds is 1. The van der Waals surface area contributed by atoms with Crippen molar-refractivity contribution in [2.24, 2.45) is 33.1 Å². The third-order valence-corrected chi connectivity index (χ3v) is 9.53. The Balaban J connectivity index is 1.71.